The van der Waals surface area contributed by atoms with E-state index >= 15 is 0 Å². The Hall–Kier alpha value is -2.04. The van der Waals surface area contributed by atoms with Crippen LogP contribution in [-0.4, -0.2) is 191 Å². The number of hydrogen-bond acceptors (Lipinski definition) is 35. The molecule has 20 atom stereocenters. The fourth-order valence-corrected chi connectivity index (χ4v) is 11.7. The summed E-state index contributed by atoms with van der Waals surface area (Å²) in [6.45, 7) is 7.57. The first kappa shape index (κ1) is 70.4. The average Bonchev–Trinajstić information content (AvgIpc) is 3.37. The molecule has 1 amide bonds. The Morgan fingerprint density at radius 1 is 0.575 bits per heavy atom. The molecule has 0 radical (unpaired) electrons. The molecule has 37 nitrogen and oxygen atoms in total. The minimum absolute atomic E-state index is 0.00796. The molecule has 4 aliphatic rings. The van der Waals surface area contributed by atoms with Crippen molar-refractivity contribution in [3.8, 4) is 0 Å². The maximum atomic E-state index is 12.6. The Labute approximate surface area is 467 Å². The Kier molecular flexibility index (Phi) is 30.1. The van der Waals surface area contributed by atoms with Crippen molar-refractivity contribution in [3.05, 3.63) is 0 Å². The number of hydrogen-bond donors (Lipinski definition) is 9. The van der Waals surface area contributed by atoms with Crippen LogP contribution in [0.4, 0.5) is 0 Å². The lowest BCUT2D eigenvalue weighted by atomic mass is 9.87. The van der Waals surface area contributed by atoms with Crippen LogP contribution in [0.3, 0.4) is 0 Å². The first-order chi connectivity index (χ1) is 37.8. The lowest BCUT2D eigenvalue weighted by molar-refractivity contribution is -0.499. The van der Waals surface area contributed by atoms with Gasteiger partial charge in [0, 0.05) is 67.3 Å². The van der Waals surface area contributed by atoms with Crippen molar-refractivity contribution in [2.75, 3.05) is 26.4 Å². The molecule has 4 aliphatic heterocycles. The van der Waals surface area contributed by atoms with Crippen LogP contribution in [0.5, 0.6) is 0 Å². The molecule has 4 rings (SSSR count). The summed E-state index contributed by atoms with van der Waals surface area (Å²) in [5, 5.41) is 31.4. The monoisotopic (exact) mass is 1270 g/mol. The van der Waals surface area contributed by atoms with Crippen molar-refractivity contribution < 1.29 is 157 Å². The molecule has 8 unspecified atom stereocenters. The SMILES string of the molecule is CCCC(=O)NCCCCCO[C@@H]1OC(COS(=O)(=O)O)[C@@H](O[C@@H]2OC(OC=O)[C@@H](O[C@H]3O[C@@H](COOO)[C@@H](O[C@@H]4O[C@@H](OC=O)[C@@H](C)C(C)C4OS(=O)(=O)O)C(C)C3SONOO)[C@@H](C)C2OS(=O)(=O)O)[C@H](C)C1SONOO. The van der Waals surface area contributed by atoms with E-state index in [4.69, 9.17) is 79.7 Å². The maximum Gasteiger partial charge on any atom is 0.397 e. The zero-order valence-electron chi connectivity index (χ0n) is 43.2. The molecule has 80 heavy (non-hydrogen) atoms. The Morgan fingerprint density at radius 2 is 1.09 bits per heavy atom. The minimum atomic E-state index is -5.52. The fraction of sp³-hybridized carbons (Fsp3) is 0.921. The van der Waals surface area contributed by atoms with Gasteiger partial charge in [0.05, 0.1) is 29.3 Å². The van der Waals surface area contributed by atoms with Gasteiger partial charge in [-0.05, 0) is 42.9 Å². The number of carbonyl (C=O) groups is 3. The molecule has 9 N–H and O–H groups in total. The van der Waals surface area contributed by atoms with E-state index in [9.17, 15) is 58.6 Å². The molecule has 0 aromatic rings. The molecule has 0 aromatic carbocycles. The van der Waals surface area contributed by atoms with E-state index in [1.165, 1.54) is 34.6 Å². The molecule has 0 saturated carbocycles. The lowest BCUT2D eigenvalue weighted by Gasteiger charge is -2.50. The van der Waals surface area contributed by atoms with Crippen molar-refractivity contribution in [2.24, 2.45) is 29.6 Å². The van der Waals surface area contributed by atoms with Crippen LogP contribution in [0.2, 0.25) is 0 Å². The second kappa shape index (κ2) is 34.2. The summed E-state index contributed by atoms with van der Waals surface area (Å²) in [6.07, 6.45) is -19.4. The van der Waals surface area contributed by atoms with Gasteiger partial charge < -0.3 is 52.7 Å². The molecule has 0 aliphatic carbocycles. The van der Waals surface area contributed by atoms with Gasteiger partial charge in [-0.2, -0.15) is 25.3 Å². The summed E-state index contributed by atoms with van der Waals surface area (Å²) in [5.41, 5.74) is 3.42. The van der Waals surface area contributed by atoms with Crippen molar-refractivity contribution in [1.29, 1.82) is 0 Å². The highest BCUT2D eigenvalue weighted by molar-refractivity contribution is 7.95. The Bertz CT molecular complexity index is 2200. The predicted octanol–water partition coefficient (Wildman–Crippen LogP) is 0.0881. The number of amides is 1. The smallest absolute Gasteiger partial charge is 0.397 e. The first-order valence-corrected chi connectivity index (χ1v) is 29.8. The van der Waals surface area contributed by atoms with Gasteiger partial charge in [0.1, 0.15) is 37.1 Å². The van der Waals surface area contributed by atoms with E-state index in [1.807, 2.05) is 6.92 Å². The fourth-order valence-electron chi connectivity index (χ4n) is 8.87. The third-order valence-corrected chi connectivity index (χ3v) is 16.3. The molecule has 42 heteroatoms. The van der Waals surface area contributed by atoms with Gasteiger partial charge in [0.25, 0.3) is 12.9 Å². The summed E-state index contributed by atoms with van der Waals surface area (Å²) in [7, 11) is -15.9. The lowest BCUT2D eigenvalue weighted by Crippen LogP contribution is -2.63. The largest absolute Gasteiger partial charge is 0.438 e. The van der Waals surface area contributed by atoms with Gasteiger partial charge in [0.2, 0.25) is 18.5 Å². The van der Waals surface area contributed by atoms with Crippen LogP contribution < -0.4 is 16.6 Å². The van der Waals surface area contributed by atoms with Crippen LogP contribution in [0.1, 0.15) is 73.6 Å². The Balaban J connectivity index is 1.70. The van der Waals surface area contributed by atoms with Crippen molar-refractivity contribution >= 4 is 74.1 Å². The second-order valence-corrected chi connectivity index (χ2v) is 23.1. The first-order valence-electron chi connectivity index (χ1n) is 24.1. The summed E-state index contributed by atoms with van der Waals surface area (Å²) in [5.74, 6) is -5.42. The molecule has 4 saturated heterocycles. The maximum absolute atomic E-state index is 12.6. The number of carbonyl (C=O) groups excluding carboxylic acids is 3. The molecule has 468 valence electrons. The predicted molar refractivity (Wildman–Crippen MR) is 256 cm³/mol. The van der Waals surface area contributed by atoms with Crippen molar-refractivity contribution in [3.63, 3.8) is 0 Å². The van der Waals surface area contributed by atoms with Gasteiger partial charge in [-0.15, -0.1) is 9.98 Å². The number of rotatable bonds is 37. The van der Waals surface area contributed by atoms with E-state index in [-0.39, 0.29) is 25.5 Å². The number of nitrogens with one attached hydrogen (secondary N) is 3. The summed E-state index contributed by atoms with van der Waals surface area (Å²) in [6, 6.07) is 0. The van der Waals surface area contributed by atoms with Crippen LogP contribution >= 0.6 is 24.1 Å². The topological polar surface area (TPSA) is 486 Å². The summed E-state index contributed by atoms with van der Waals surface area (Å²) >= 11 is 0.933. The normalized spacial score (nSPS) is 35.3. The molecule has 0 bridgehead atoms. The van der Waals surface area contributed by atoms with Crippen LogP contribution in [-0.2, 0) is 134 Å². The van der Waals surface area contributed by atoms with Crippen LogP contribution in [0.15, 0.2) is 0 Å². The van der Waals surface area contributed by atoms with Crippen molar-refractivity contribution in [1.82, 2.24) is 16.6 Å². The molecule has 4 heterocycles. The molecule has 4 fully saturated rings. The molecular weight excluding hydrogens is 1200 g/mol. The van der Waals surface area contributed by atoms with Gasteiger partial charge in [0.15, 0.2) is 25.2 Å². The van der Waals surface area contributed by atoms with Crippen LogP contribution in [0.25, 0.3) is 0 Å². The molecule has 0 spiro atoms. The van der Waals surface area contributed by atoms with E-state index in [1.54, 1.807) is 11.3 Å². The van der Waals surface area contributed by atoms with Crippen molar-refractivity contribution in [2.45, 2.75) is 165 Å². The molecular formula is C38H67N3O34S5. The minimum Gasteiger partial charge on any atom is -0.438 e. The van der Waals surface area contributed by atoms with E-state index in [2.05, 4.69) is 24.5 Å². The standard InChI is InChI=1S/C38H67N3O34S5/c1-7-11-25(44)39-12-9-8-10-13-57-37-31(76-73-40-71-45)21(5)27(24(62-37)15-61-78(48,49)50)65-36-30(70-80(54,55)56)20(4)28(34(68-36)59-17-43)66-38-32(77-74-41-72-46)22(6)26(23(63-38)14-60-75-47)64-35-29(69-79(51,52)53)18(2)19(3)33(67-35)58-16-42/h16-24,26-38,40-41,45-47H,7-15H2,1-6H3,(H,39,44)(H,48,49,50)(H,51,52,53)(H,54,55,56)/t18?,19-,20+,21-,22?,23-,24?,26-,27-,28-,29?,30?,31?,32?,33+,34?,35+,36+,37+,38+/m0/s1. The second-order valence-electron chi connectivity index (χ2n) is 18.1. The van der Waals surface area contributed by atoms with Gasteiger partial charge >= 0.3 is 31.2 Å². The number of ether oxygens (including phenoxy) is 10. The quantitative estimate of drug-likeness (QED) is 0.00994. The highest BCUT2D eigenvalue weighted by atomic mass is 32.3. The van der Waals surface area contributed by atoms with E-state index in [0.29, 0.717) is 62.7 Å². The summed E-state index contributed by atoms with van der Waals surface area (Å²) < 4.78 is 187. The Morgan fingerprint density at radius 3 is 1.61 bits per heavy atom. The van der Waals surface area contributed by atoms with Gasteiger partial charge in [-0.3, -0.25) is 28.0 Å². The zero-order chi connectivity index (χ0) is 59.4. The van der Waals surface area contributed by atoms with Gasteiger partial charge in [-0.1, -0.05) is 46.6 Å². The highest BCUT2D eigenvalue weighted by Gasteiger charge is 2.57. The van der Waals surface area contributed by atoms with Gasteiger partial charge in [-0.25, -0.2) is 41.8 Å². The number of unbranched alkanes of at least 4 members (excludes halogenated alkanes) is 2. The highest BCUT2D eigenvalue weighted by Crippen LogP contribution is 2.44. The average molecular weight is 1270 g/mol. The van der Waals surface area contributed by atoms with E-state index < -0.39 is 165 Å². The molecule has 0 aromatic heterocycles. The third kappa shape index (κ3) is 22.1. The summed E-state index contributed by atoms with van der Waals surface area (Å²) in [4.78, 5) is 47.8. The third-order valence-electron chi connectivity index (χ3n) is 12.9. The van der Waals surface area contributed by atoms with Crippen LogP contribution in [0, 0.1) is 29.6 Å². The zero-order valence-corrected chi connectivity index (χ0v) is 47.3. The van der Waals surface area contributed by atoms with E-state index in [0.717, 1.165) is 0 Å².